The molecule has 0 saturated heterocycles. The highest BCUT2D eigenvalue weighted by atomic mass is 32.1. The molecule has 2 amide bonds. The van der Waals surface area contributed by atoms with E-state index in [1.54, 1.807) is 18.2 Å². The number of hydrogen-bond acceptors (Lipinski definition) is 7. The van der Waals surface area contributed by atoms with Crippen molar-refractivity contribution in [2.24, 2.45) is 0 Å². The molecule has 3 heterocycles. The molecule has 0 atom stereocenters. The molecule has 0 bridgehead atoms. The van der Waals surface area contributed by atoms with E-state index in [2.05, 4.69) is 20.8 Å². The van der Waals surface area contributed by atoms with Crippen LogP contribution in [-0.4, -0.2) is 28.6 Å². The van der Waals surface area contributed by atoms with Crippen molar-refractivity contribution < 1.29 is 18.8 Å². The highest BCUT2D eigenvalue weighted by Crippen LogP contribution is 2.34. The summed E-state index contributed by atoms with van der Waals surface area (Å²) in [6.45, 7) is 0.00720. The lowest BCUT2D eigenvalue weighted by atomic mass is 10.1. The van der Waals surface area contributed by atoms with Crippen molar-refractivity contribution in [1.82, 2.24) is 10.1 Å². The molecule has 0 aliphatic carbocycles. The van der Waals surface area contributed by atoms with Crippen LogP contribution in [-0.2, 0) is 4.79 Å². The van der Waals surface area contributed by atoms with Gasteiger partial charge in [-0.25, -0.2) is 4.98 Å². The van der Waals surface area contributed by atoms with Gasteiger partial charge in [0.25, 0.3) is 11.8 Å². The van der Waals surface area contributed by atoms with Crippen LogP contribution in [0.5, 0.6) is 5.75 Å². The summed E-state index contributed by atoms with van der Waals surface area (Å²) in [6.07, 6.45) is 0. The van der Waals surface area contributed by atoms with Crippen molar-refractivity contribution in [3.8, 4) is 28.3 Å². The number of nitrogens with one attached hydrogen (secondary N) is 2. The highest BCUT2D eigenvalue weighted by molar-refractivity contribution is 7.14. The molecule has 0 spiro atoms. The lowest BCUT2D eigenvalue weighted by Crippen LogP contribution is -2.25. The van der Waals surface area contributed by atoms with Crippen LogP contribution < -0.4 is 15.4 Å². The van der Waals surface area contributed by atoms with Gasteiger partial charge < -0.3 is 14.6 Å². The zero-order chi connectivity index (χ0) is 20.5. The van der Waals surface area contributed by atoms with E-state index in [4.69, 9.17) is 9.26 Å². The first-order valence-corrected chi connectivity index (χ1v) is 9.90. The Balaban J connectivity index is 1.32. The second-order valence-electron chi connectivity index (χ2n) is 6.48. The molecule has 0 saturated carbocycles. The second-order valence-corrected chi connectivity index (χ2v) is 7.34. The summed E-state index contributed by atoms with van der Waals surface area (Å²) in [7, 11) is 0. The van der Waals surface area contributed by atoms with E-state index in [0.717, 1.165) is 11.1 Å². The van der Waals surface area contributed by atoms with Crippen LogP contribution in [0.3, 0.4) is 0 Å². The van der Waals surface area contributed by atoms with Gasteiger partial charge in [0.05, 0.1) is 11.4 Å². The molecule has 1 aliphatic rings. The van der Waals surface area contributed by atoms with Gasteiger partial charge >= 0.3 is 0 Å². The van der Waals surface area contributed by atoms with Gasteiger partial charge in [0.15, 0.2) is 23.2 Å². The van der Waals surface area contributed by atoms with Crippen LogP contribution in [0.1, 0.15) is 10.5 Å². The van der Waals surface area contributed by atoms with Crippen LogP contribution in [0.15, 0.2) is 64.5 Å². The SMILES string of the molecule is O=C1COc2ccc(-c3csc(NC(=O)c4cc(-c5ccccc5)on4)n3)cc2N1. The molecule has 9 heteroatoms. The molecular formula is C21H14N4O4S. The topological polar surface area (TPSA) is 106 Å². The third-order valence-electron chi connectivity index (χ3n) is 4.43. The Morgan fingerprint density at radius 2 is 1.97 bits per heavy atom. The van der Waals surface area contributed by atoms with Crippen molar-refractivity contribution in [3.05, 3.63) is 65.7 Å². The summed E-state index contributed by atoms with van der Waals surface area (Å²) < 4.78 is 10.6. The molecule has 2 N–H and O–H groups in total. The fourth-order valence-corrected chi connectivity index (χ4v) is 3.70. The maximum Gasteiger partial charge on any atom is 0.279 e. The van der Waals surface area contributed by atoms with Gasteiger partial charge in [0.2, 0.25) is 0 Å². The van der Waals surface area contributed by atoms with Gasteiger partial charge in [-0.05, 0) is 18.2 Å². The van der Waals surface area contributed by atoms with E-state index in [1.807, 2.05) is 41.8 Å². The quantitative estimate of drug-likeness (QED) is 0.518. The van der Waals surface area contributed by atoms with E-state index in [9.17, 15) is 9.59 Å². The molecule has 2 aromatic carbocycles. The summed E-state index contributed by atoms with van der Waals surface area (Å²) in [4.78, 5) is 28.5. The van der Waals surface area contributed by atoms with Gasteiger partial charge in [-0.1, -0.05) is 35.5 Å². The van der Waals surface area contributed by atoms with Crippen LogP contribution in [0.25, 0.3) is 22.6 Å². The first kappa shape index (κ1) is 18.1. The van der Waals surface area contributed by atoms with Gasteiger partial charge in [-0.15, -0.1) is 11.3 Å². The van der Waals surface area contributed by atoms with Gasteiger partial charge in [0.1, 0.15) is 5.75 Å². The number of carbonyl (C=O) groups excluding carboxylic acids is 2. The van der Waals surface area contributed by atoms with Crippen molar-refractivity contribution in [1.29, 1.82) is 0 Å². The standard InChI is InChI=1S/C21H14N4O4S/c26-19-10-28-17-7-6-13(8-14(17)22-19)16-11-30-21(23-16)24-20(27)15-9-18(29-25-15)12-4-2-1-3-5-12/h1-9,11H,10H2,(H,22,26)(H,23,24,27). The van der Waals surface area contributed by atoms with Crippen LogP contribution >= 0.6 is 11.3 Å². The monoisotopic (exact) mass is 418 g/mol. The Bertz CT molecular complexity index is 1250. The number of thiazole rings is 1. The first-order chi connectivity index (χ1) is 14.7. The fourth-order valence-electron chi connectivity index (χ4n) is 2.99. The first-order valence-electron chi connectivity index (χ1n) is 9.02. The molecule has 0 fully saturated rings. The third kappa shape index (κ3) is 3.53. The minimum atomic E-state index is -0.409. The summed E-state index contributed by atoms with van der Waals surface area (Å²) >= 11 is 1.29. The number of hydrogen-bond donors (Lipinski definition) is 2. The zero-order valence-electron chi connectivity index (χ0n) is 15.4. The minimum absolute atomic E-state index is 0.00720. The predicted molar refractivity (Wildman–Crippen MR) is 112 cm³/mol. The third-order valence-corrected chi connectivity index (χ3v) is 5.19. The number of rotatable bonds is 4. The zero-order valence-corrected chi connectivity index (χ0v) is 16.2. The Kier molecular flexibility index (Phi) is 4.49. The summed E-state index contributed by atoms with van der Waals surface area (Å²) in [5, 5.41) is 11.6. The summed E-state index contributed by atoms with van der Waals surface area (Å²) in [6, 6.07) is 16.4. The molecule has 2 aromatic heterocycles. The second kappa shape index (κ2) is 7.45. The van der Waals surface area contributed by atoms with E-state index < -0.39 is 5.91 Å². The number of fused-ring (bicyclic) bond motifs is 1. The lowest BCUT2D eigenvalue weighted by Gasteiger charge is -2.18. The molecule has 148 valence electrons. The Hall–Kier alpha value is -3.98. The largest absolute Gasteiger partial charge is 0.482 e. The van der Waals surface area contributed by atoms with Gasteiger partial charge in [-0.2, -0.15) is 0 Å². The molecule has 30 heavy (non-hydrogen) atoms. The number of amides is 2. The van der Waals surface area contributed by atoms with Crippen molar-refractivity contribution >= 4 is 34.0 Å². The predicted octanol–water partition coefficient (Wildman–Crippen LogP) is 4.05. The number of carbonyl (C=O) groups is 2. The van der Waals surface area contributed by atoms with Crippen LogP contribution in [0.4, 0.5) is 10.8 Å². The molecule has 8 nitrogen and oxygen atoms in total. The average molecular weight is 418 g/mol. The number of anilines is 2. The van der Waals surface area contributed by atoms with E-state index in [1.165, 1.54) is 11.3 Å². The maximum absolute atomic E-state index is 12.5. The van der Waals surface area contributed by atoms with Crippen molar-refractivity contribution in [3.63, 3.8) is 0 Å². The smallest absolute Gasteiger partial charge is 0.279 e. The average Bonchev–Trinajstić information content (AvgIpc) is 3.44. The van der Waals surface area contributed by atoms with Crippen LogP contribution in [0.2, 0.25) is 0 Å². The van der Waals surface area contributed by atoms with Crippen molar-refractivity contribution in [2.75, 3.05) is 17.2 Å². The molecule has 0 radical (unpaired) electrons. The number of aromatic nitrogens is 2. The van der Waals surface area contributed by atoms with E-state index in [-0.39, 0.29) is 18.2 Å². The van der Waals surface area contributed by atoms with Gasteiger partial charge in [-0.3, -0.25) is 14.9 Å². The molecule has 4 aromatic rings. The molecule has 1 aliphatic heterocycles. The number of ether oxygens (including phenoxy) is 1. The summed E-state index contributed by atoms with van der Waals surface area (Å²) in [5.74, 6) is 0.516. The van der Waals surface area contributed by atoms with Gasteiger partial charge in [0, 0.05) is 22.6 Å². The van der Waals surface area contributed by atoms with E-state index in [0.29, 0.717) is 28.0 Å². The maximum atomic E-state index is 12.5. The Labute approximate surface area is 174 Å². The number of benzene rings is 2. The normalized spacial score (nSPS) is 12.6. The Morgan fingerprint density at radius 1 is 1.10 bits per heavy atom. The summed E-state index contributed by atoms with van der Waals surface area (Å²) in [5.41, 5.74) is 3.06. The molecule has 0 unspecified atom stereocenters. The minimum Gasteiger partial charge on any atom is -0.482 e. The molecule has 5 rings (SSSR count). The highest BCUT2D eigenvalue weighted by Gasteiger charge is 2.18. The molecular weight excluding hydrogens is 404 g/mol. The number of nitrogens with zero attached hydrogens (tertiary/aromatic N) is 2. The fraction of sp³-hybridized carbons (Fsp3) is 0.0476. The van der Waals surface area contributed by atoms with E-state index >= 15 is 0 Å². The van der Waals surface area contributed by atoms with Crippen molar-refractivity contribution in [2.45, 2.75) is 0 Å². The lowest BCUT2D eigenvalue weighted by molar-refractivity contribution is -0.118. The van der Waals surface area contributed by atoms with Crippen LogP contribution in [0, 0.1) is 0 Å². The Morgan fingerprint density at radius 3 is 2.83 bits per heavy atom.